The fraction of sp³-hybridized carbons (Fsp3) is 0.571. The summed E-state index contributed by atoms with van der Waals surface area (Å²) < 4.78 is 27.5. The Morgan fingerprint density at radius 2 is 1.81 bits per heavy atom. The zero-order chi connectivity index (χ0) is 15.2. The fourth-order valence-corrected chi connectivity index (χ4v) is 5.34. The summed E-state index contributed by atoms with van der Waals surface area (Å²) in [5, 5.41) is 0.534. The Kier molecular flexibility index (Phi) is 4.46. The molecule has 7 heteroatoms. The standard InChI is InChI=1S/C14H16Cl3NO2S/c15-7-10-5-11(16)6-13(14(10)17)21(19,20)18(12-3-4-12)8-9-1-2-9/h5-6,9,12H,1-4,7-8H2. The lowest BCUT2D eigenvalue weighted by atomic mass is 10.2. The summed E-state index contributed by atoms with van der Waals surface area (Å²) in [6, 6.07) is 3.15. The molecule has 21 heavy (non-hydrogen) atoms. The smallest absolute Gasteiger partial charge is 0.207 e. The molecule has 1 aromatic carbocycles. The Labute approximate surface area is 140 Å². The monoisotopic (exact) mass is 367 g/mol. The highest BCUT2D eigenvalue weighted by atomic mass is 35.5. The van der Waals surface area contributed by atoms with Gasteiger partial charge in [-0.1, -0.05) is 23.2 Å². The van der Waals surface area contributed by atoms with E-state index in [1.54, 1.807) is 10.4 Å². The molecule has 0 atom stereocenters. The average Bonchev–Trinajstić information content (AvgIpc) is 3.30. The Morgan fingerprint density at radius 1 is 1.14 bits per heavy atom. The predicted molar refractivity (Wildman–Crippen MR) is 85.7 cm³/mol. The lowest BCUT2D eigenvalue weighted by molar-refractivity contribution is 0.389. The van der Waals surface area contributed by atoms with Crippen LogP contribution in [0.15, 0.2) is 17.0 Å². The number of sulfonamides is 1. The van der Waals surface area contributed by atoms with Crippen molar-refractivity contribution in [2.24, 2.45) is 5.92 Å². The molecule has 0 aromatic heterocycles. The van der Waals surface area contributed by atoms with Crippen LogP contribution in [-0.4, -0.2) is 25.3 Å². The van der Waals surface area contributed by atoms with Gasteiger partial charge in [0.15, 0.2) is 0 Å². The van der Waals surface area contributed by atoms with Gasteiger partial charge in [-0.3, -0.25) is 0 Å². The van der Waals surface area contributed by atoms with Crippen LogP contribution in [0.25, 0.3) is 0 Å². The largest absolute Gasteiger partial charge is 0.244 e. The van der Waals surface area contributed by atoms with Crippen LogP contribution in [0.1, 0.15) is 31.2 Å². The highest BCUT2D eigenvalue weighted by molar-refractivity contribution is 7.89. The van der Waals surface area contributed by atoms with E-state index in [9.17, 15) is 8.42 Å². The Bertz CT molecular complexity index is 654. The Balaban J connectivity index is 2.01. The highest BCUT2D eigenvalue weighted by Gasteiger charge is 2.42. The van der Waals surface area contributed by atoms with Gasteiger partial charge in [-0.25, -0.2) is 8.42 Å². The zero-order valence-electron chi connectivity index (χ0n) is 11.4. The molecule has 0 radical (unpaired) electrons. The van der Waals surface area contributed by atoms with Crippen molar-refractivity contribution in [1.29, 1.82) is 0 Å². The van der Waals surface area contributed by atoms with Crippen molar-refractivity contribution in [1.82, 2.24) is 4.31 Å². The van der Waals surface area contributed by atoms with Crippen LogP contribution < -0.4 is 0 Å². The van der Waals surface area contributed by atoms with Crippen molar-refractivity contribution in [3.05, 3.63) is 27.7 Å². The van der Waals surface area contributed by atoms with Crippen molar-refractivity contribution < 1.29 is 8.42 Å². The molecule has 0 bridgehead atoms. The maximum absolute atomic E-state index is 13.0. The number of hydrogen-bond donors (Lipinski definition) is 0. The van der Waals surface area contributed by atoms with Crippen LogP contribution in [0, 0.1) is 5.92 Å². The molecule has 0 unspecified atom stereocenters. The average molecular weight is 369 g/mol. The summed E-state index contributed by atoms with van der Waals surface area (Å²) in [6.07, 6.45) is 4.06. The number of alkyl halides is 1. The summed E-state index contributed by atoms with van der Waals surface area (Å²) in [6.45, 7) is 0.589. The summed E-state index contributed by atoms with van der Waals surface area (Å²) >= 11 is 18.1. The number of halogens is 3. The van der Waals surface area contributed by atoms with E-state index >= 15 is 0 Å². The lowest BCUT2D eigenvalue weighted by Gasteiger charge is -2.23. The Morgan fingerprint density at radius 3 is 2.33 bits per heavy atom. The molecule has 0 aliphatic heterocycles. The second-order valence-corrected chi connectivity index (χ2v) is 8.70. The molecule has 0 saturated heterocycles. The predicted octanol–water partition coefficient (Wildman–Crippen LogP) is 4.30. The summed E-state index contributed by atoms with van der Waals surface area (Å²) in [7, 11) is -3.62. The van der Waals surface area contributed by atoms with Gasteiger partial charge in [0.1, 0.15) is 4.90 Å². The van der Waals surface area contributed by atoms with Gasteiger partial charge in [-0.05, 0) is 49.3 Å². The summed E-state index contributed by atoms with van der Waals surface area (Å²) in [5.41, 5.74) is 0.548. The van der Waals surface area contributed by atoms with Crippen molar-refractivity contribution in [3.8, 4) is 0 Å². The van der Waals surface area contributed by atoms with Gasteiger partial charge in [0.25, 0.3) is 0 Å². The molecule has 0 heterocycles. The van der Waals surface area contributed by atoms with Crippen LogP contribution >= 0.6 is 34.8 Å². The van der Waals surface area contributed by atoms with Gasteiger partial charge < -0.3 is 0 Å². The van der Waals surface area contributed by atoms with E-state index in [1.807, 2.05) is 0 Å². The van der Waals surface area contributed by atoms with Crippen LogP contribution in [0.2, 0.25) is 10.0 Å². The van der Waals surface area contributed by atoms with Crippen LogP contribution in [0.5, 0.6) is 0 Å². The number of rotatable bonds is 6. The SMILES string of the molecule is O=S(=O)(c1cc(Cl)cc(CCl)c1Cl)N(CC1CC1)C1CC1. The number of hydrogen-bond acceptors (Lipinski definition) is 2. The second kappa shape index (κ2) is 5.89. The molecule has 3 nitrogen and oxygen atoms in total. The van der Waals surface area contributed by atoms with Crippen LogP contribution in [0.3, 0.4) is 0 Å². The van der Waals surface area contributed by atoms with Crippen molar-refractivity contribution in [2.75, 3.05) is 6.54 Å². The van der Waals surface area contributed by atoms with Crippen molar-refractivity contribution in [3.63, 3.8) is 0 Å². The maximum Gasteiger partial charge on any atom is 0.244 e. The van der Waals surface area contributed by atoms with E-state index in [0.29, 0.717) is 23.0 Å². The summed E-state index contributed by atoms with van der Waals surface area (Å²) in [4.78, 5) is 0.0832. The molecule has 2 aliphatic rings. The quantitative estimate of drug-likeness (QED) is 0.702. The maximum atomic E-state index is 13.0. The molecular weight excluding hydrogens is 353 g/mol. The molecule has 1 aromatic rings. The minimum atomic E-state index is -3.62. The lowest BCUT2D eigenvalue weighted by Crippen LogP contribution is -2.35. The first kappa shape index (κ1) is 15.9. The molecule has 2 aliphatic carbocycles. The van der Waals surface area contributed by atoms with E-state index in [-0.39, 0.29) is 21.8 Å². The zero-order valence-corrected chi connectivity index (χ0v) is 14.4. The number of benzene rings is 1. The van der Waals surface area contributed by atoms with Crippen LogP contribution in [0.4, 0.5) is 0 Å². The fourth-order valence-electron chi connectivity index (χ4n) is 2.39. The first-order valence-electron chi connectivity index (χ1n) is 6.99. The molecule has 2 saturated carbocycles. The van der Waals surface area contributed by atoms with Crippen molar-refractivity contribution >= 4 is 44.8 Å². The van der Waals surface area contributed by atoms with E-state index < -0.39 is 10.0 Å². The molecule has 0 amide bonds. The molecule has 2 fully saturated rings. The third-order valence-electron chi connectivity index (χ3n) is 3.90. The van der Waals surface area contributed by atoms with E-state index in [0.717, 1.165) is 25.7 Å². The topological polar surface area (TPSA) is 37.4 Å². The molecular formula is C14H16Cl3NO2S. The van der Waals surface area contributed by atoms with Crippen molar-refractivity contribution in [2.45, 2.75) is 42.5 Å². The van der Waals surface area contributed by atoms with E-state index in [1.165, 1.54) is 6.07 Å². The molecule has 3 rings (SSSR count). The normalized spacial score (nSPS) is 19.2. The molecule has 0 N–H and O–H groups in total. The highest BCUT2D eigenvalue weighted by Crippen LogP contribution is 2.40. The van der Waals surface area contributed by atoms with Gasteiger partial charge >= 0.3 is 0 Å². The first-order chi connectivity index (χ1) is 9.93. The van der Waals surface area contributed by atoms with Gasteiger partial charge in [-0.2, -0.15) is 4.31 Å². The first-order valence-corrected chi connectivity index (χ1v) is 9.72. The van der Waals surface area contributed by atoms with Gasteiger partial charge in [0, 0.05) is 23.5 Å². The third-order valence-corrected chi connectivity index (χ3v) is 6.91. The molecule has 0 spiro atoms. The number of nitrogens with zero attached hydrogens (tertiary/aromatic N) is 1. The van der Waals surface area contributed by atoms with Crippen LogP contribution in [-0.2, 0) is 15.9 Å². The summed E-state index contributed by atoms with van der Waals surface area (Å²) in [5.74, 6) is 0.624. The Hall–Kier alpha value is -0.000000000000000132. The van der Waals surface area contributed by atoms with Gasteiger partial charge in [-0.15, -0.1) is 11.6 Å². The minimum absolute atomic E-state index is 0.0832. The second-order valence-electron chi connectivity index (χ2n) is 5.76. The van der Waals surface area contributed by atoms with E-state index in [2.05, 4.69) is 0 Å². The van der Waals surface area contributed by atoms with Gasteiger partial charge in [0.2, 0.25) is 10.0 Å². The van der Waals surface area contributed by atoms with Gasteiger partial charge in [0.05, 0.1) is 5.02 Å². The molecule has 116 valence electrons. The van der Waals surface area contributed by atoms with E-state index in [4.69, 9.17) is 34.8 Å². The minimum Gasteiger partial charge on any atom is -0.207 e. The third kappa shape index (κ3) is 3.35.